The number of rotatable bonds is 3. The van der Waals surface area contributed by atoms with E-state index in [9.17, 15) is 4.79 Å². The van der Waals surface area contributed by atoms with E-state index in [0.29, 0.717) is 0 Å². The largest absolute Gasteiger partial charge is 0.457 e. The molecule has 0 amide bonds. The van der Waals surface area contributed by atoms with Crippen molar-refractivity contribution in [2.45, 2.75) is 53.1 Å². The predicted octanol–water partition coefficient (Wildman–Crippen LogP) is 4.24. The van der Waals surface area contributed by atoms with Crippen molar-refractivity contribution in [1.29, 1.82) is 0 Å². The molecule has 1 aromatic rings. The zero-order chi connectivity index (χ0) is 13.9. The summed E-state index contributed by atoms with van der Waals surface area (Å²) in [6.07, 6.45) is -0.156. The molecule has 1 aromatic carbocycles. The molecule has 0 saturated carbocycles. The van der Waals surface area contributed by atoms with Gasteiger partial charge < -0.3 is 4.74 Å². The van der Waals surface area contributed by atoms with E-state index in [0.717, 1.165) is 5.56 Å². The predicted molar refractivity (Wildman–Crippen MR) is 74.5 cm³/mol. The molecule has 0 aromatic heterocycles. The van der Waals surface area contributed by atoms with Gasteiger partial charge in [0.1, 0.15) is 6.10 Å². The molecule has 0 heterocycles. The summed E-state index contributed by atoms with van der Waals surface area (Å²) >= 11 is 0. The highest BCUT2D eigenvalue weighted by Crippen LogP contribution is 2.29. The zero-order valence-corrected chi connectivity index (χ0v) is 12.3. The first kappa shape index (κ1) is 14.7. The first-order valence-electron chi connectivity index (χ1n) is 6.49. The summed E-state index contributed by atoms with van der Waals surface area (Å²) in [7, 11) is 0. The maximum absolute atomic E-state index is 11.1. The molecule has 0 fully saturated rings. The molecule has 2 nitrogen and oxygen atoms in total. The minimum Gasteiger partial charge on any atom is -0.457 e. The van der Waals surface area contributed by atoms with Gasteiger partial charge in [0.25, 0.3) is 0 Å². The number of hydrogen-bond donors (Lipinski definition) is 0. The van der Waals surface area contributed by atoms with Crippen molar-refractivity contribution in [3.05, 3.63) is 35.4 Å². The lowest BCUT2D eigenvalue weighted by atomic mass is 9.86. The molecule has 0 N–H and O–H groups in total. The Hall–Kier alpha value is -1.31. The van der Waals surface area contributed by atoms with Gasteiger partial charge in [-0.1, -0.05) is 58.9 Å². The van der Waals surface area contributed by atoms with E-state index in [2.05, 4.69) is 58.9 Å². The average Bonchev–Trinajstić information content (AvgIpc) is 2.24. The van der Waals surface area contributed by atoms with Gasteiger partial charge >= 0.3 is 5.97 Å². The zero-order valence-electron chi connectivity index (χ0n) is 12.3. The van der Waals surface area contributed by atoms with Gasteiger partial charge in [0.05, 0.1) is 0 Å². The number of ether oxygens (including phenoxy) is 1. The van der Waals surface area contributed by atoms with E-state index in [1.165, 1.54) is 12.5 Å². The molecule has 0 radical (unpaired) electrons. The Morgan fingerprint density at radius 2 is 1.61 bits per heavy atom. The lowest BCUT2D eigenvalue weighted by Gasteiger charge is -2.23. The summed E-state index contributed by atoms with van der Waals surface area (Å²) in [6, 6.07) is 8.37. The molecule has 18 heavy (non-hydrogen) atoms. The maximum Gasteiger partial charge on any atom is 0.303 e. The van der Waals surface area contributed by atoms with Crippen LogP contribution in [0.3, 0.4) is 0 Å². The quantitative estimate of drug-likeness (QED) is 0.748. The van der Waals surface area contributed by atoms with Crippen LogP contribution in [0.1, 0.15) is 58.8 Å². The Morgan fingerprint density at radius 1 is 1.11 bits per heavy atom. The first-order valence-corrected chi connectivity index (χ1v) is 6.49. The second-order valence-electron chi connectivity index (χ2n) is 6.15. The summed E-state index contributed by atoms with van der Waals surface area (Å²) in [5, 5.41) is 0. The smallest absolute Gasteiger partial charge is 0.303 e. The summed E-state index contributed by atoms with van der Waals surface area (Å²) in [5.74, 6) is 0.0444. The highest BCUT2D eigenvalue weighted by molar-refractivity contribution is 5.66. The topological polar surface area (TPSA) is 26.3 Å². The number of esters is 1. The Labute approximate surface area is 110 Å². The molecular weight excluding hydrogens is 224 g/mol. The van der Waals surface area contributed by atoms with Crippen molar-refractivity contribution in [2.75, 3.05) is 0 Å². The minimum absolute atomic E-state index is 0.146. The molecular formula is C16H24O2. The van der Waals surface area contributed by atoms with E-state index < -0.39 is 0 Å². The molecule has 2 heteroatoms. The van der Waals surface area contributed by atoms with Crippen molar-refractivity contribution in [3.63, 3.8) is 0 Å². The van der Waals surface area contributed by atoms with Crippen molar-refractivity contribution >= 4 is 5.97 Å². The second kappa shape index (κ2) is 5.55. The normalized spacial score (nSPS) is 13.5. The third-order valence-electron chi connectivity index (χ3n) is 3.00. The SMILES string of the molecule is CC(=O)OC(c1ccc(C(C)(C)C)cc1)C(C)C. The van der Waals surface area contributed by atoms with Crippen LogP contribution >= 0.6 is 0 Å². The van der Waals surface area contributed by atoms with Crippen molar-refractivity contribution < 1.29 is 9.53 Å². The molecule has 1 rings (SSSR count). The van der Waals surface area contributed by atoms with Gasteiger partial charge in [-0.3, -0.25) is 4.79 Å². The lowest BCUT2D eigenvalue weighted by molar-refractivity contribution is -0.149. The molecule has 0 aliphatic carbocycles. The standard InChI is InChI=1S/C16H24O2/c1-11(2)15(18-12(3)17)13-7-9-14(10-8-13)16(4,5)6/h7-11,15H,1-6H3. The molecule has 1 atom stereocenters. The van der Waals surface area contributed by atoms with Gasteiger partial charge in [0.2, 0.25) is 0 Å². The van der Waals surface area contributed by atoms with Crippen LogP contribution in [0.2, 0.25) is 0 Å². The van der Waals surface area contributed by atoms with Crippen LogP contribution in [0, 0.1) is 5.92 Å². The van der Waals surface area contributed by atoms with Gasteiger partial charge in [-0.2, -0.15) is 0 Å². The first-order chi connectivity index (χ1) is 8.21. The van der Waals surface area contributed by atoms with Crippen molar-refractivity contribution in [1.82, 2.24) is 0 Å². The van der Waals surface area contributed by atoms with Crippen LogP contribution in [-0.4, -0.2) is 5.97 Å². The lowest BCUT2D eigenvalue weighted by Crippen LogP contribution is -2.15. The minimum atomic E-state index is -0.228. The Balaban J connectivity index is 2.97. The number of carbonyl (C=O) groups excluding carboxylic acids is 1. The molecule has 100 valence electrons. The fraction of sp³-hybridized carbons (Fsp3) is 0.562. The number of hydrogen-bond acceptors (Lipinski definition) is 2. The van der Waals surface area contributed by atoms with E-state index in [1.807, 2.05) is 0 Å². The fourth-order valence-corrected chi connectivity index (χ4v) is 1.94. The van der Waals surface area contributed by atoms with Crippen molar-refractivity contribution in [2.24, 2.45) is 5.92 Å². The Kier molecular flexibility index (Phi) is 4.55. The van der Waals surface area contributed by atoms with Crippen LogP contribution in [0.4, 0.5) is 0 Å². The van der Waals surface area contributed by atoms with Gasteiger partial charge in [0, 0.05) is 6.92 Å². The third kappa shape index (κ3) is 3.86. The van der Waals surface area contributed by atoms with E-state index in [-0.39, 0.29) is 23.4 Å². The number of benzene rings is 1. The van der Waals surface area contributed by atoms with E-state index in [1.54, 1.807) is 0 Å². The van der Waals surface area contributed by atoms with Crippen molar-refractivity contribution in [3.8, 4) is 0 Å². The Morgan fingerprint density at radius 3 is 1.94 bits per heavy atom. The molecule has 1 unspecified atom stereocenters. The Bertz CT molecular complexity index is 396. The molecule has 0 saturated heterocycles. The van der Waals surface area contributed by atoms with Crippen LogP contribution in [0.25, 0.3) is 0 Å². The summed E-state index contributed by atoms with van der Waals surface area (Å²) < 4.78 is 5.38. The van der Waals surface area contributed by atoms with Crippen LogP contribution in [-0.2, 0) is 14.9 Å². The molecule has 0 bridgehead atoms. The summed E-state index contributed by atoms with van der Waals surface area (Å²) in [5.41, 5.74) is 2.50. The number of carbonyl (C=O) groups is 1. The van der Waals surface area contributed by atoms with Gasteiger partial charge in [-0.15, -0.1) is 0 Å². The van der Waals surface area contributed by atoms with Gasteiger partial charge in [0.15, 0.2) is 0 Å². The highest BCUT2D eigenvalue weighted by Gasteiger charge is 2.20. The van der Waals surface area contributed by atoms with Crippen LogP contribution < -0.4 is 0 Å². The highest BCUT2D eigenvalue weighted by atomic mass is 16.5. The van der Waals surface area contributed by atoms with Crippen LogP contribution in [0.5, 0.6) is 0 Å². The summed E-state index contributed by atoms with van der Waals surface area (Å²) in [4.78, 5) is 11.1. The molecule has 0 aliphatic heterocycles. The third-order valence-corrected chi connectivity index (χ3v) is 3.00. The van der Waals surface area contributed by atoms with Crippen LogP contribution in [0.15, 0.2) is 24.3 Å². The fourth-order valence-electron chi connectivity index (χ4n) is 1.94. The molecule has 0 aliphatic rings. The average molecular weight is 248 g/mol. The van der Waals surface area contributed by atoms with E-state index >= 15 is 0 Å². The van der Waals surface area contributed by atoms with Gasteiger partial charge in [-0.25, -0.2) is 0 Å². The monoisotopic (exact) mass is 248 g/mol. The van der Waals surface area contributed by atoms with E-state index in [4.69, 9.17) is 4.74 Å². The summed E-state index contributed by atoms with van der Waals surface area (Å²) in [6.45, 7) is 12.1. The second-order valence-corrected chi connectivity index (χ2v) is 6.15. The van der Waals surface area contributed by atoms with Gasteiger partial charge in [-0.05, 0) is 22.5 Å². The molecule has 0 spiro atoms. The maximum atomic E-state index is 11.1.